The van der Waals surface area contributed by atoms with Crippen LogP contribution >= 0.6 is 0 Å². The van der Waals surface area contributed by atoms with Crippen molar-refractivity contribution in [3.05, 3.63) is 77.4 Å². The molecule has 8 nitrogen and oxygen atoms in total. The van der Waals surface area contributed by atoms with Crippen LogP contribution in [0.4, 0.5) is 0 Å². The lowest BCUT2D eigenvalue weighted by Crippen LogP contribution is -2.07. The number of benzene rings is 3. The van der Waals surface area contributed by atoms with Gasteiger partial charge in [-0.3, -0.25) is 4.68 Å². The molecule has 0 N–H and O–H groups in total. The second-order valence-electron chi connectivity index (χ2n) is 8.52. The fourth-order valence-corrected chi connectivity index (χ4v) is 4.56. The van der Waals surface area contributed by atoms with Crippen LogP contribution in [-0.4, -0.2) is 51.3 Å². The maximum Gasteiger partial charge on any atom is 0.337 e. The molecule has 38 heavy (non-hydrogen) atoms. The van der Waals surface area contributed by atoms with Gasteiger partial charge in [-0.25, -0.2) is 4.79 Å². The molecule has 0 fully saturated rings. The minimum atomic E-state index is -0.382. The average molecular weight is 517 g/mol. The van der Waals surface area contributed by atoms with Crippen molar-refractivity contribution in [1.29, 1.82) is 0 Å². The second-order valence-corrected chi connectivity index (χ2v) is 8.52. The molecule has 198 valence electrons. The van der Waals surface area contributed by atoms with E-state index in [-0.39, 0.29) is 5.97 Å². The van der Waals surface area contributed by atoms with Crippen LogP contribution in [0.3, 0.4) is 0 Å². The zero-order chi connectivity index (χ0) is 27.2. The van der Waals surface area contributed by atoms with Crippen LogP contribution in [0.5, 0.6) is 23.0 Å². The van der Waals surface area contributed by atoms with Gasteiger partial charge in [-0.15, -0.1) is 0 Å². The van der Waals surface area contributed by atoms with E-state index in [2.05, 4.69) is 6.92 Å². The molecule has 8 heteroatoms. The van der Waals surface area contributed by atoms with Gasteiger partial charge in [0.05, 0.1) is 59.0 Å². The summed E-state index contributed by atoms with van der Waals surface area (Å²) in [7, 11) is 7.84. The standard InChI is InChI=1S/C30H32N2O6/c1-7-23-28(20-11-13-24(34-2)26(16-20)36-4)31-32(18-19-9-8-10-22(15-19)30(33)38-6)29(23)21-12-14-25(35-3)27(17-21)37-5/h8-17H,7,18H2,1-6H3. The fourth-order valence-electron chi connectivity index (χ4n) is 4.56. The summed E-state index contributed by atoms with van der Waals surface area (Å²) in [5.74, 6) is 2.16. The van der Waals surface area contributed by atoms with Gasteiger partial charge >= 0.3 is 5.97 Å². The van der Waals surface area contributed by atoms with E-state index in [9.17, 15) is 4.79 Å². The molecule has 0 unspecified atom stereocenters. The molecule has 0 aliphatic carbocycles. The molecule has 0 amide bonds. The van der Waals surface area contributed by atoms with Gasteiger partial charge in [-0.2, -0.15) is 5.10 Å². The molecule has 0 saturated carbocycles. The number of nitrogens with zero attached hydrogens (tertiary/aromatic N) is 2. The fraction of sp³-hybridized carbons (Fsp3) is 0.267. The Kier molecular flexibility index (Phi) is 8.21. The van der Waals surface area contributed by atoms with Crippen LogP contribution in [0.2, 0.25) is 0 Å². The minimum absolute atomic E-state index is 0.382. The van der Waals surface area contributed by atoms with Crippen LogP contribution in [0.25, 0.3) is 22.5 Å². The Balaban J connectivity index is 1.92. The predicted octanol–water partition coefficient (Wildman–Crippen LogP) is 5.65. The summed E-state index contributed by atoms with van der Waals surface area (Å²) in [6, 6.07) is 19.0. The van der Waals surface area contributed by atoms with Gasteiger partial charge in [-0.1, -0.05) is 19.1 Å². The van der Waals surface area contributed by atoms with E-state index in [0.717, 1.165) is 40.1 Å². The molecule has 0 saturated heterocycles. The summed E-state index contributed by atoms with van der Waals surface area (Å²) in [6.07, 6.45) is 0.732. The molecule has 4 rings (SSSR count). The molecule has 3 aromatic carbocycles. The summed E-state index contributed by atoms with van der Waals surface area (Å²) < 4.78 is 28.9. The van der Waals surface area contributed by atoms with Crippen molar-refractivity contribution in [2.45, 2.75) is 19.9 Å². The van der Waals surface area contributed by atoms with Crippen LogP contribution < -0.4 is 18.9 Å². The molecule has 0 atom stereocenters. The van der Waals surface area contributed by atoms with Crippen LogP contribution in [0.1, 0.15) is 28.4 Å². The average Bonchev–Trinajstić information content (AvgIpc) is 3.33. The van der Waals surface area contributed by atoms with Gasteiger partial charge in [0.25, 0.3) is 0 Å². The van der Waals surface area contributed by atoms with Gasteiger partial charge in [0, 0.05) is 16.7 Å². The molecule has 0 spiro atoms. The first kappa shape index (κ1) is 26.6. The lowest BCUT2D eigenvalue weighted by molar-refractivity contribution is 0.0600. The number of carbonyl (C=O) groups is 1. The van der Waals surface area contributed by atoms with Gasteiger partial charge in [-0.05, 0) is 60.5 Å². The van der Waals surface area contributed by atoms with Crippen LogP contribution in [0, 0.1) is 0 Å². The molecule has 0 radical (unpaired) electrons. The Bertz CT molecular complexity index is 1440. The highest BCUT2D eigenvalue weighted by molar-refractivity contribution is 5.89. The number of carbonyl (C=O) groups excluding carboxylic acids is 1. The summed E-state index contributed by atoms with van der Waals surface area (Å²) in [5.41, 5.74) is 6.09. The van der Waals surface area contributed by atoms with Crippen molar-refractivity contribution in [3.63, 3.8) is 0 Å². The number of methoxy groups -OCH3 is 5. The van der Waals surface area contributed by atoms with E-state index in [1.807, 2.05) is 59.3 Å². The Morgan fingerprint density at radius 1 is 0.763 bits per heavy atom. The van der Waals surface area contributed by atoms with Crippen molar-refractivity contribution in [1.82, 2.24) is 9.78 Å². The first-order valence-corrected chi connectivity index (χ1v) is 12.2. The topological polar surface area (TPSA) is 81.0 Å². The highest BCUT2D eigenvalue weighted by Crippen LogP contribution is 2.39. The zero-order valence-electron chi connectivity index (χ0n) is 22.5. The molecule has 1 aromatic heterocycles. The van der Waals surface area contributed by atoms with Crippen molar-refractivity contribution in [3.8, 4) is 45.5 Å². The number of aromatic nitrogens is 2. The zero-order valence-corrected chi connectivity index (χ0v) is 22.5. The molecular formula is C30H32N2O6. The summed E-state index contributed by atoms with van der Waals surface area (Å²) in [5, 5.41) is 5.08. The van der Waals surface area contributed by atoms with Gasteiger partial charge in [0.1, 0.15) is 0 Å². The smallest absolute Gasteiger partial charge is 0.337 e. The predicted molar refractivity (Wildman–Crippen MR) is 146 cm³/mol. The van der Waals surface area contributed by atoms with E-state index in [1.165, 1.54) is 7.11 Å². The Labute approximate surface area is 222 Å². The Morgan fingerprint density at radius 2 is 1.37 bits per heavy atom. The number of esters is 1. The highest BCUT2D eigenvalue weighted by atomic mass is 16.5. The first-order valence-electron chi connectivity index (χ1n) is 12.2. The lowest BCUT2D eigenvalue weighted by atomic mass is 9.99. The Morgan fingerprint density at radius 3 is 1.95 bits per heavy atom. The van der Waals surface area contributed by atoms with Crippen molar-refractivity contribution in [2.24, 2.45) is 0 Å². The summed E-state index contributed by atoms with van der Waals surface area (Å²) >= 11 is 0. The van der Waals surface area contributed by atoms with E-state index in [1.54, 1.807) is 34.5 Å². The summed E-state index contributed by atoms with van der Waals surface area (Å²) in [4.78, 5) is 12.1. The summed E-state index contributed by atoms with van der Waals surface area (Å²) in [6.45, 7) is 2.54. The molecule has 0 aliphatic heterocycles. The van der Waals surface area contributed by atoms with E-state index >= 15 is 0 Å². The largest absolute Gasteiger partial charge is 0.493 e. The maximum absolute atomic E-state index is 12.1. The van der Waals surface area contributed by atoms with Gasteiger partial charge in [0.15, 0.2) is 23.0 Å². The van der Waals surface area contributed by atoms with Crippen molar-refractivity contribution >= 4 is 5.97 Å². The van der Waals surface area contributed by atoms with Crippen LogP contribution in [0.15, 0.2) is 60.7 Å². The lowest BCUT2D eigenvalue weighted by Gasteiger charge is -2.13. The molecular weight excluding hydrogens is 484 g/mol. The van der Waals surface area contributed by atoms with Crippen LogP contribution in [-0.2, 0) is 17.7 Å². The highest BCUT2D eigenvalue weighted by Gasteiger charge is 2.22. The molecule has 1 heterocycles. The minimum Gasteiger partial charge on any atom is -0.493 e. The van der Waals surface area contributed by atoms with E-state index < -0.39 is 0 Å². The Hall–Kier alpha value is -4.46. The SMILES string of the molecule is CCc1c(-c2ccc(OC)c(OC)c2)nn(Cc2cccc(C(=O)OC)c2)c1-c1ccc(OC)c(OC)c1. The number of hydrogen-bond donors (Lipinski definition) is 0. The van der Waals surface area contributed by atoms with E-state index in [4.69, 9.17) is 28.8 Å². The number of ether oxygens (including phenoxy) is 5. The van der Waals surface area contributed by atoms with Crippen molar-refractivity contribution < 1.29 is 28.5 Å². The maximum atomic E-state index is 12.1. The first-order chi connectivity index (χ1) is 18.5. The molecule has 4 aromatic rings. The third-order valence-electron chi connectivity index (χ3n) is 6.40. The third kappa shape index (κ3) is 5.16. The third-order valence-corrected chi connectivity index (χ3v) is 6.40. The monoisotopic (exact) mass is 516 g/mol. The molecule has 0 aliphatic rings. The normalized spacial score (nSPS) is 10.7. The number of rotatable bonds is 10. The molecule has 0 bridgehead atoms. The quantitative estimate of drug-likeness (QED) is 0.252. The van der Waals surface area contributed by atoms with Gasteiger partial charge in [0.2, 0.25) is 0 Å². The van der Waals surface area contributed by atoms with Crippen molar-refractivity contribution in [2.75, 3.05) is 35.5 Å². The van der Waals surface area contributed by atoms with E-state index in [0.29, 0.717) is 35.1 Å². The van der Waals surface area contributed by atoms with Gasteiger partial charge < -0.3 is 23.7 Å². The second kappa shape index (κ2) is 11.7. The number of hydrogen-bond acceptors (Lipinski definition) is 7.